The number of aryl methyl sites for hydroxylation is 2. The Labute approximate surface area is 129 Å². The first-order valence-electron chi connectivity index (χ1n) is 8.14. The number of para-hydroxylation sites is 1. The summed E-state index contributed by atoms with van der Waals surface area (Å²) in [5.41, 5.74) is 8.81. The molecule has 1 amide bonds. The van der Waals surface area contributed by atoms with Gasteiger partial charge in [0, 0.05) is 12.2 Å². The maximum Gasteiger partial charge on any atom is 0.231 e. The highest BCUT2D eigenvalue weighted by atomic mass is 16.2. The van der Waals surface area contributed by atoms with Crippen LogP contribution in [-0.4, -0.2) is 12.5 Å². The van der Waals surface area contributed by atoms with Crippen LogP contribution in [0.2, 0.25) is 0 Å². The van der Waals surface area contributed by atoms with Gasteiger partial charge < -0.3 is 11.1 Å². The van der Waals surface area contributed by atoms with E-state index >= 15 is 0 Å². The molecule has 0 aromatic heterocycles. The van der Waals surface area contributed by atoms with Gasteiger partial charge in [0.05, 0.1) is 5.41 Å². The van der Waals surface area contributed by atoms with Gasteiger partial charge in [-0.2, -0.15) is 0 Å². The molecule has 0 atom stereocenters. The Kier molecular flexibility index (Phi) is 6.90. The summed E-state index contributed by atoms with van der Waals surface area (Å²) in [6.07, 6.45) is 4.54. The first kappa shape index (κ1) is 17.7. The Balaban J connectivity index is 3.07. The molecular weight excluding hydrogens is 260 g/mol. The lowest BCUT2D eigenvalue weighted by Crippen LogP contribution is -2.42. The first-order valence-corrected chi connectivity index (χ1v) is 8.14. The van der Waals surface area contributed by atoms with E-state index < -0.39 is 5.41 Å². The quantitative estimate of drug-likeness (QED) is 0.759. The molecule has 0 radical (unpaired) electrons. The second-order valence-corrected chi connectivity index (χ2v) is 5.90. The summed E-state index contributed by atoms with van der Waals surface area (Å²) in [6.45, 7) is 8.78. The summed E-state index contributed by atoms with van der Waals surface area (Å²) in [7, 11) is 0. The maximum absolute atomic E-state index is 12.9. The molecule has 0 heterocycles. The van der Waals surface area contributed by atoms with Crippen LogP contribution in [0.4, 0.5) is 5.69 Å². The molecule has 0 spiro atoms. The lowest BCUT2D eigenvalue weighted by molar-refractivity contribution is -0.126. The van der Waals surface area contributed by atoms with E-state index in [4.69, 9.17) is 5.73 Å². The van der Waals surface area contributed by atoms with Crippen molar-refractivity contribution in [2.45, 2.75) is 59.8 Å². The van der Waals surface area contributed by atoms with Crippen LogP contribution in [0.3, 0.4) is 0 Å². The second-order valence-electron chi connectivity index (χ2n) is 5.90. The Morgan fingerprint density at radius 2 is 1.81 bits per heavy atom. The Morgan fingerprint density at radius 1 is 1.19 bits per heavy atom. The predicted molar refractivity (Wildman–Crippen MR) is 90.5 cm³/mol. The number of carbonyl (C=O) groups excluding carboxylic acids is 1. The molecule has 0 unspecified atom stereocenters. The lowest BCUT2D eigenvalue weighted by atomic mass is 9.78. The highest BCUT2D eigenvalue weighted by Gasteiger charge is 2.35. The fraction of sp³-hybridized carbons (Fsp3) is 0.611. The third-order valence-corrected chi connectivity index (χ3v) is 4.31. The second kappa shape index (κ2) is 8.18. The first-order chi connectivity index (χ1) is 10.0. The number of benzene rings is 1. The van der Waals surface area contributed by atoms with Crippen LogP contribution in [0, 0.1) is 12.3 Å². The van der Waals surface area contributed by atoms with Gasteiger partial charge in [-0.3, -0.25) is 4.79 Å². The number of hydrogen-bond acceptors (Lipinski definition) is 2. The normalized spacial score (nSPS) is 11.5. The molecule has 0 saturated carbocycles. The summed E-state index contributed by atoms with van der Waals surface area (Å²) >= 11 is 0. The zero-order chi connectivity index (χ0) is 15.9. The molecular formula is C18H30N2O. The summed E-state index contributed by atoms with van der Waals surface area (Å²) in [4.78, 5) is 12.9. The molecule has 0 saturated heterocycles. The zero-order valence-corrected chi connectivity index (χ0v) is 14.0. The summed E-state index contributed by atoms with van der Waals surface area (Å²) in [5, 5.41) is 3.17. The van der Waals surface area contributed by atoms with Gasteiger partial charge in [0.2, 0.25) is 5.91 Å². The van der Waals surface area contributed by atoms with E-state index in [0.29, 0.717) is 6.54 Å². The predicted octanol–water partition coefficient (Wildman–Crippen LogP) is 4.04. The molecule has 0 aliphatic rings. The Morgan fingerprint density at radius 3 is 2.29 bits per heavy atom. The maximum atomic E-state index is 12.9. The molecule has 0 fully saturated rings. The molecule has 0 aliphatic heterocycles. The highest BCUT2D eigenvalue weighted by Crippen LogP contribution is 2.32. The van der Waals surface area contributed by atoms with Crippen LogP contribution >= 0.6 is 0 Å². The fourth-order valence-corrected chi connectivity index (χ4v) is 3.05. The number of nitrogens with two attached hydrogens (primary N) is 1. The monoisotopic (exact) mass is 290 g/mol. The van der Waals surface area contributed by atoms with Crippen molar-refractivity contribution in [2.75, 3.05) is 11.9 Å². The van der Waals surface area contributed by atoms with Gasteiger partial charge in [0.15, 0.2) is 0 Å². The molecule has 0 bridgehead atoms. The van der Waals surface area contributed by atoms with Gasteiger partial charge in [-0.1, -0.05) is 51.8 Å². The van der Waals surface area contributed by atoms with Crippen LogP contribution in [0.1, 0.15) is 57.6 Å². The van der Waals surface area contributed by atoms with Crippen LogP contribution < -0.4 is 11.1 Å². The minimum absolute atomic E-state index is 0.0812. The molecule has 3 heteroatoms. The summed E-state index contributed by atoms with van der Waals surface area (Å²) < 4.78 is 0. The van der Waals surface area contributed by atoms with Crippen molar-refractivity contribution in [3.8, 4) is 0 Å². The smallest absolute Gasteiger partial charge is 0.231 e. The van der Waals surface area contributed by atoms with Crippen LogP contribution in [0.5, 0.6) is 0 Å². The molecule has 21 heavy (non-hydrogen) atoms. The topological polar surface area (TPSA) is 55.1 Å². The van der Waals surface area contributed by atoms with Crippen molar-refractivity contribution < 1.29 is 4.79 Å². The third kappa shape index (κ3) is 4.07. The SMILES string of the molecule is CCCC(CN)(CCC)C(=O)Nc1c(C)cccc1CC. The Hall–Kier alpha value is -1.35. The lowest BCUT2D eigenvalue weighted by Gasteiger charge is -2.31. The van der Waals surface area contributed by atoms with Gasteiger partial charge in [-0.25, -0.2) is 0 Å². The van der Waals surface area contributed by atoms with Crippen molar-refractivity contribution in [1.82, 2.24) is 0 Å². The molecule has 3 N–H and O–H groups in total. The molecule has 118 valence electrons. The van der Waals surface area contributed by atoms with Crippen molar-refractivity contribution in [3.63, 3.8) is 0 Å². The van der Waals surface area contributed by atoms with Gasteiger partial charge in [-0.05, 0) is 37.3 Å². The van der Waals surface area contributed by atoms with Crippen LogP contribution in [0.15, 0.2) is 18.2 Å². The fourth-order valence-electron chi connectivity index (χ4n) is 3.05. The number of nitrogens with one attached hydrogen (secondary N) is 1. The molecule has 1 aromatic rings. The van der Waals surface area contributed by atoms with E-state index in [0.717, 1.165) is 43.4 Å². The van der Waals surface area contributed by atoms with Crippen molar-refractivity contribution in [1.29, 1.82) is 0 Å². The van der Waals surface area contributed by atoms with E-state index in [9.17, 15) is 4.79 Å². The number of carbonyl (C=O) groups is 1. The number of hydrogen-bond donors (Lipinski definition) is 2. The standard InChI is InChI=1S/C18H30N2O/c1-5-11-18(13-19,12-6-2)17(21)20-16-14(4)9-8-10-15(16)7-3/h8-10H,5-7,11-13,19H2,1-4H3,(H,20,21). The van der Waals surface area contributed by atoms with E-state index in [1.54, 1.807) is 0 Å². The largest absolute Gasteiger partial charge is 0.329 e. The zero-order valence-electron chi connectivity index (χ0n) is 14.0. The average Bonchev–Trinajstić information content (AvgIpc) is 2.48. The Bertz CT molecular complexity index is 462. The summed E-state index contributed by atoms with van der Waals surface area (Å²) in [5.74, 6) is 0.0812. The van der Waals surface area contributed by atoms with Crippen LogP contribution in [-0.2, 0) is 11.2 Å². The summed E-state index contributed by atoms with van der Waals surface area (Å²) in [6, 6.07) is 6.16. The number of amides is 1. The van der Waals surface area contributed by atoms with Crippen molar-refractivity contribution >= 4 is 11.6 Å². The van der Waals surface area contributed by atoms with E-state index in [2.05, 4.69) is 32.2 Å². The minimum Gasteiger partial charge on any atom is -0.329 e. The molecule has 1 aromatic carbocycles. The number of anilines is 1. The van der Waals surface area contributed by atoms with Crippen LogP contribution in [0.25, 0.3) is 0 Å². The minimum atomic E-state index is -0.434. The van der Waals surface area contributed by atoms with Gasteiger partial charge in [0.25, 0.3) is 0 Å². The molecule has 3 nitrogen and oxygen atoms in total. The van der Waals surface area contributed by atoms with E-state index in [1.807, 2.05) is 19.1 Å². The van der Waals surface area contributed by atoms with E-state index in [-0.39, 0.29) is 5.91 Å². The van der Waals surface area contributed by atoms with Gasteiger partial charge >= 0.3 is 0 Å². The van der Waals surface area contributed by atoms with Gasteiger partial charge in [-0.15, -0.1) is 0 Å². The van der Waals surface area contributed by atoms with Crippen molar-refractivity contribution in [3.05, 3.63) is 29.3 Å². The molecule has 1 rings (SSSR count). The van der Waals surface area contributed by atoms with Crippen molar-refractivity contribution in [2.24, 2.45) is 11.1 Å². The van der Waals surface area contributed by atoms with E-state index in [1.165, 1.54) is 5.56 Å². The number of rotatable bonds is 8. The third-order valence-electron chi connectivity index (χ3n) is 4.31. The molecule has 0 aliphatic carbocycles. The highest BCUT2D eigenvalue weighted by molar-refractivity contribution is 5.96. The van der Waals surface area contributed by atoms with Gasteiger partial charge in [0.1, 0.15) is 0 Å². The average molecular weight is 290 g/mol.